The SMILES string of the molecule is Cc1cc(-c2noc(Cl)n2)c(C)s1. The van der Waals surface area contributed by atoms with Crippen LogP contribution in [0.2, 0.25) is 5.35 Å². The van der Waals surface area contributed by atoms with Gasteiger partial charge in [-0.25, -0.2) is 0 Å². The fourth-order valence-corrected chi connectivity index (χ4v) is 2.20. The van der Waals surface area contributed by atoms with Crippen molar-refractivity contribution < 1.29 is 4.52 Å². The number of aromatic nitrogens is 2. The average molecular weight is 215 g/mol. The molecule has 0 bridgehead atoms. The Morgan fingerprint density at radius 1 is 1.46 bits per heavy atom. The van der Waals surface area contributed by atoms with Gasteiger partial charge in [-0.2, -0.15) is 4.98 Å². The Morgan fingerprint density at radius 2 is 2.23 bits per heavy atom. The number of thiophene rings is 1. The van der Waals surface area contributed by atoms with E-state index in [4.69, 9.17) is 16.1 Å². The lowest BCUT2D eigenvalue weighted by Crippen LogP contribution is -1.78. The molecule has 0 aromatic carbocycles. The van der Waals surface area contributed by atoms with Crippen LogP contribution in [0.1, 0.15) is 9.75 Å². The van der Waals surface area contributed by atoms with Crippen molar-refractivity contribution in [1.82, 2.24) is 10.1 Å². The van der Waals surface area contributed by atoms with E-state index in [2.05, 4.69) is 10.1 Å². The molecule has 3 nitrogen and oxygen atoms in total. The van der Waals surface area contributed by atoms with Crippen LogP contribution in [-0.2, 0) is 0 Å². The van der Waals surface area contributed by atoms with Crippen molar-refractivity contribution in [2.75, 3.05) is 0 Å². The lowest BCUT2D eigenvalue weighted by molar-refractivity contribution is 0.421. The highest BCUT2D eigenvalue weighted by molar-refractivity contribution is 7.12. The van der Waals surface area contributed by atoms with E-state index in [0.29, 0.717) is 5.82 Å². The number of hydrogen-bond donors (Lipinski definition) is 0. The van der Waals surface area contributed by atoms with Crippen molar-refractivity contribution in [2.24, 2.45) is 0 Å². The van der Waals surface area contributed by atoms with Crippen molar-refractivity contribution in [3.8, 4) is 11.4 Å². The lowest BCUT2D eigenvalue weighted by atomic mass is 10.2. The van der Waals surface area contributed by atoms with E-state index >= 15 is 0 Å². The van der Waals surface area contributed by atoms with Gasteiger partial charge in [-0.1, -0.05) is 5.16 Å². The van der Waals surface area contributed by atoms with Crippen LogP contribution in [0.25, 0.3) is 11.4 Å². The van der Waals surface area contributed by atoms with Gasteiger partial charge in [-0.3, -0.25) is 0 Å². The molecule has 0 unspecified atom stereocenters. The first-order valence-electron chi connectivity index (χ1n) is 3.73. The molecule has 68 valence electrons. The molecule has 0 radical (unpaired) electrons. The van der Waals surface area contributed by atoms with Gasteiger partial charge in [0.2, 0.25) is 5.82 Å². The van der Waals surface area contributed by atoms with Gasteiger partial charge in [0.1, 0.15) is 0 Å². The van der Waals surface area contributed by atoms with Gasteiger partial charge in [0.25, 0.3) is 0 Å². The Bertz CT molecular complexity index is 435. The van der Waals surface area contributed by atoms with Crippen molar-refractivity contribution in [2.45, 2.75) is 13.8 Å². The van der Waals surface area contributed by atoms with Crippen LogP contribution in [0.4, 0.5) is 0 Å². The van der Waals surface area contributed by atoms with Crippen LogP contribution in [0.5, 0.6) is 0 Å². The van der Waals surface area contributed by atoms with Gasteiger partial charge < -0.3 is 4.52 Å². The maximum atomic E-state index is 5.53. The Hall–Kier alpha value is -0.870. The molecule has 0 spiro atoms. The monoisotopic (exact) mass is 214 g/mol. The zero-order valence-corrected chi connectivity index (χ0v) is 8.74. The summed E-state index contributed by atoms with van der Waals surface area (Å²) in [5.41, 5.74) is 0.998. The minimum Gasteiger partial charge on any atom is -0.321 e. The van der Waals surface area contributed by atoms with Gasteiger partial charge in [0.15, 0.2) is 0 Å². The zero-order chi connectivity index (χ0) is 9.42. The second-order valence-electron chi connectivity index (χ2n) is 2.70. The van der Waals surface area contributed by atoms with E-state index in [-0.39, 0.29) is 5.35 Å². The molecule has 0 amide bonds. The molecule has 5 heteroatoms. The average Bonchev–Trinajstić information content (AvgIpc) is 2.58. The Labute approximate surface area is 84.3 Å². The molecule has 0 saturated heterocycles. The molecule has 0 saturated carbocycles. The first-order valence-corrected chi connectivity index (χ1v) is 4.93. The number of hydrogen-bond acceptors (Lipinski definition) is 4. The summed E-state index contributed by atoms with van der Waals surface area (Å²) in [7, 11) is 0. The summed E-state index contributed by atoms with van der Waals surface area (Å²) >= 11 is 7.24. The second-order valence-corrected chi connectivity index (χ2v) is 4.48. The molecular weight excluding hydrogens is 208 g/mol. The Balaban J connectivity index is 2.51. The zero-order valence-electron chi connectivity index (χ0n) is 7.17. The molecular formula is C8H7ClN2OS. The summed E-state index contributed by atoms with van der Waals surface area (Å²) in [6, 6.07) is 2.03. The van der Waals surface area contributed by atoms with E-state index in [1.807, 2.05) is 19.9 Å². The minimum absolute atomic E-state index is 0.0817. The molecule has 2 aromatic heterocycles. The van der Waals surface area contributed by atoms with Gasteiger partial charge >= 0.3 is 5.35 Å². The molecule has 2 aromatic rings. The molecule has 13 heavy (non-hydrogen) atoms. The van der Waals surface area contributed by atoms with Crippen LogP contribution in [0, 0.1) is 13.8 Å². The third kappa shape index (κ3) is 1.59. The molecule has 0 aliphatic heterocycles. The number of aryl methyl sites for hydroxylation is 2. The van der Waals surface area contributed by atoms with Crippen LogP contribution >= 0.6 is 22.9 Å². The number of rotatable bonds is 1. The minimum atomic E-state index is 0.0817. The highest BCUT2D eigenvalue weighted by Gasteiger charge is 2.11. The highest BCUT2D eigenvalue weighted by Crippen LogP contribution is 2.28. The van der Waals surface area contributed by atoms with Crippen LogP contribution in [0.15, 0.2) is 10.6 Å². The normalized spacial score (nSPS) is 10.7. The Kier molecular flexibility index (Phi) is 2.09. The van der Waals surface area contributed by atoms with Crippen molar-refractivity contribution in [3.63, 3.8) is 0 Å². The quantitative estimate of drug-likeness (QED) is 0.733. The van der Waals surface area contributed by atoms with Crippen LogP contribution in [0.3, 0.4) is 0 Å². The second kappa shape index (κ2) is 3.12. The number of nitrogens with zero attached hydrogens (tertiary/aromatic N) is 2. The fourth-order valence-electron chi connectivity index (χ4n) is 1.17. The predicted molar refractivity (Wildman–Crippen MR) is 52.1 cm³/mol. The molecule has 0 aliphatic carbocycles. The predicted octanol–water partition coefficient (Wildman–Crippen LogP) is 3.07. The molecule has 0 N–H and O–H groups in total. The largest absolute Gasteiger partial charge is 0.321 e. The van der Waals surface area contributed by atoms with Gasteiger partial charge in [-0.15, -0.1) is 11.3 Å². The van der Waals surface area contributed by atoms with Crippen LogP contribution in [-0.4, -0.2) is 10.1 Å². The molecule has 0 fully saturated rings. The first-order chi connectivity index (χ1) is 6.16. The molecule has 2 heterocycles. The maximum Gasteiger partial charge on any atom is 0.320 e. The smallest absolute Gasteiger partial charge is 0.320 e. The van der Waals surface area contributed by atoms with Crippen molar-refractivity contribution in [3.05, 3.63) is 21.2 Å². The lowest BCUT2D eigenvalue weighted by Gasteiger charge is -1.87. The maximum absolute atomic E-state index is 5.53. The summed E-state index contributed by atoms with van der Waals surface area (Å²) in [5.74, 6) is 0.562. The van der Waals surface area contributed by atoms with E-state index in [1.54, 1.807) is 11.3 Å². The first kappa shape index (κ1) is 8.72. The summed E-state index contributed by atoms with van der Waals surface area (Å²) in [4.78, 5) is 6.36. The number of halogens is 1. The van der Waals surface area contributed by atoms with E-state index in [9.17, 15) is 0 Å². The van der Waals surface area contributed by atoms with Gasteiger partial charge in [0.05, 0.1) is 0 Å². The Morgan fingerprint density at radius 3 is 2.69 bits per heavy atom. The highest BCUT2D eigenvalue weighted by atomic mass is 35.5. The van der Waals surface area contributed by atoms with Crippen LogP contribution < -0.4 is 0 Å². The van der Waals surface area contributed by atoms with E-state index in [0.717, 1.165) is 5.56 Å². The third-order valence-corrected chi connectivity index (χ3v) is 2.80. The van der Waals surface area contributed by atoms with Gasteiger partial charge in [0, 0.05) is 15.3 Å². The summed E-state index contributed by atoms with van der Waals surface area (Å²) in [5, 5.41) is 3.83. The summed E-state index contributed by atoms with van der Waals surface area (Å²) < 4.78 is 4.69. The van der Waals surface area contributed by atoms with E-state index < -0.39 is 0 Å². The van der Waals surface area contributed by atoms with Crippen molar-refractivity contribution >= 4 is 22.9 Å². The molecule has 2 rings (SSSR count). The standard InChI is InChI=1S/C8H7ClN2OS/c1-4-3-6(5(2)13-4)7-10-8(9)12-11-7/h3H,1-2H3. The fraction of sp³-hybridized carbons (Fsp3) is 0.250. The van der Waals surface area contributed by atoms with Crippen molar-refractivity contribution in [1.29, 1.82) is 0 Å². The van der Waals surface area contributed by atoms with E-state index in [1.165, 1.54) is 9.75 Å². The molecule has 0 atom stereocenters. The summed E-state index contributed by atoms with van der Waals surface area (Å²) in [6.07, 6.45) is 0. The third-order valence-electron chi connectivity index (χ3n) is 1.68. The molecule has 0 aliphatic rings. The van der Waals surface area contributed by atoms with Gasteiger partial charge in [-0.05, 0) is 31.5 Å². The summed E-state index contributed by atoms with van der Waals surface area (Å²) in [6.45, 7) is 4.07. The topological polar surface area (TPSA) is 38.9 Å².